The van der Waals surface area contributed by atoms with Crippen LogP contribution in [0.1, 0.15) is 47.2 Å². The van der Waals surface area contributed by atoms with Gasteiger partial charge < -0.3 is 30.9 Å². The van der Waals surface area contributed by atoms with Crippen LogP contribution in [0.15, 0.2) is 60.7 Å². The number of amides is 3. The number of carbonyl (C=O) groups is 2. The van der Waals surface area contributed by atoms with Crippen LogP contribution in [0.5, 0.6) is 5.75 Å². The van der Waals surface area contributed by atoms with Crippen LogP contribution < -0.4 is 30.9 Å². The lowest BCUT2D eigenvalue weighted by Gasteiger charge is -2.29. The summed E-state index contributed by atoms with van der Waals surface area (Å²) in [5.74, 6) is 1.05. The van der Waals surface area contributed by atoms with Crippen molar-refractivity contribution in [3.8, 4) is 5.75 Å². The van der Waals surface area contributed by atoms with E-state index >= 15 is 0 Å². The fourth-order valence-electron chi connectivity index (χ4n) is 5.82. The van der Waals surface area contributed by atoms with Gasteiger partial charge in [-0.25, -0.2) is 9.78 Å². The Labute approximate surface area is 271 Å². The Morgan fingerprint density at radius 3 is 2.32 bits per heavy atom. The molecule has 1 heterocycles. The van der Waals surface area contributed by atoms with E-state index in [0.29, 0.717) is 35.2 Å². The molecule has 13 heteroatoms. The summed E-state index contributed by atoms with van der Waals surface area (Å²) in [6.07, 6.45) is -1.16. The predicted octanol–water partition coefficient (Wildman–Crippen LogP) is 7.26. The topological polar surface area (TPSA) is 121 Å². The number of nitrogens with zero attached hydrogens (tertiary/aromatic N) is 3. The van der Waals surface area contributed by atoms with Gasteiger partial charge in [0, 0.05) is 37.8 Å². The molecule has 1 aliphatic carbocycles. The number of anilines is 4. The molecule has 1 aliphatic rings. The highest BCUT2D eigenvalue weighted by Gasteiger charge is 2.31. The van der Waals surface area contributed by atoms with Crippen LogP contribution >= 0.6 is 0 Å². The number of alkyl halides is 3. The molecule has 1 saturated carbocycles. The number of fused-ring (bicyclic) bond motifs is 1. The highest BCUT2D eigenvalue weighted by atomic mass is 19.4. The molecule has 0 bridgehead atoms. The lowest BCUT2D eigenvalue weighted by molar-refractivity contribution is -0.274. The second-order valence-electron chi connectivity index (χ2n) is 12.0. The summed E-state index contributed by atoms with van der Waals surface area (Å²) in [6, 6.07) is 15.9. The van der Waals surface area contributed by atoms with Gasteiger partial charge in [-0.05, 0) is 99.0 Å². The maximum atomic E-state index is 13.4. The number of urea groups is 1. The van der Waals surface area contributed by atoms with Gasteiger partial charge in [-0.3, -0.25) is 4.79 Å². The van der Waals surface area contributed by atoms with Crippen molar-refractivity contribution < 1.29 is 27.5 Å². The molecule has 5 rings (SSSR count). The molecule has 0 saturated heterocycles. The first kappa shape index (κ1) is 33.3. The molecule has 0 spiro atoms. The first-order valence-corrected chi connectivity index (χ1v) is 15.4. The monoisotopic (exact) mass is 649 g/mol. The minimum atomic E-state index is -4.81. The van der Waals surface area contributed by atoms with E-state index in [0.717, 1.165) is 60.1 Å². The Balaban J connectivity index is 1.15. The minimum absolute atomic E-state index is 0.222. The summed E-state index contributed by atoms with van der Waals surface area (Å²) >= 11 is 0. The number of carbonyl (C=O) groups excluding carboxylic acids is 2. The summed E-state index contributed by atoms with van der Waals surface area (Å²) in [5.41, 5.74) is 3.37. The number of hydrogen-bond donors (Lipinski definition) is 4. The van der Waals surface area contributed by atoms with E-state index in [4.69, 9.17) is 9.97 Å². The number of aryl methyl sites for hydroxylation is 2. The molecule has 248 valence electrons. The molecule has 0 atom stereocenters. The molecular weight excluding hydrogens is 611 g/mol. The SMILES string of the molecule is Cc1cc(C)c(NC(=O)Nc2ccc(OC(F)(F)F)cc2)c(C(=O)NCC2CCC(Nc3nc(N(C)C)c4ccccc4n3)CC2)c1. The molecule has 3 aromatic carbocycles. The van der Waals surface area contributed by atoms with Crippen LogP contribution in [-0.4, -0.2) is 55.0 Å². The lowest BCUT2D eigenvalue weighted by Crippen LogP contribution is -2.35. The van der Waals surface area contributed by atoms with Gasteiger partial charge in [-0.1, -0.05) is 18.2 Å². The zero-order valence-electron chi connectivity index (χ0n) is 26.7. The number of ether oxygens (including phenoxy) is 1. The van der Waals surface area contributed by atoms with Crippen LogP contribution in [0.3, 0.4) is 0 Å². The predicted molar refractivity (Wildman–Crippen MR) is 177 cm³/mol. The number of nitrogens with one attached hydrogen (secondary N) is 4. The Kier molecular flexibility index (Phi) is 10.0. The number of hydrogen-bond acceptors (Lipinski definition) is 7. The first-order chi connectivity index (χ1) is 22.3. The molecule has 0 unspecified atom stereocenters. The Morgan fingerprint density at radius 2 is 1.64 bits per heavy atom. The molecule has 10 nitrogen and oxygen atoms in total. The van der Waals surface area contributed by atoms with Crippen molar-refractivity contribution in [2.75, 3.05) is 41.5 Å². The third kappa shape index (κ3) is 8.81. The third-order valence-corrected chi connectivity index (χ3v) is 8.05. The summed E-state index contributed by atoms with van der Waals surface area (Å²) in [5, 5.41) is 12.9. The van der Waals surface area contributed by atoms with Crippen LogP contribution in [-0.2, 0) is 0 Å². The van der Waals surface area contributed by atoms with Gasteiger partial charge in [0.15, 0.2) is 0 Å². The molecule has 1 aromatic heterocycles. The van der Waals surface area contributed by atoms with Gasteiger partial charge >= 0.3 is 12.4 Å². The maximum absolute atomic E-state index is 13.4. The average Bonchev–Trinajstić information content (AvgIpc) is 3.01. The van der Waals surface area contributed by atoms with E-state index in [1.54, 1.807) is 13.0 Å². The van der Waals surface area contributed by atoms with Crippen molar-refractivity contribution in [3.63, 3.8) is 0 Å². The molecule has 0 aliphatic heterocycles. The van der Waals surface area contributed by atoms with Gasteiger partial charge in [0.1, 0.15) is 11.6 Å². The van der Waals surface area contributed by atoms with Gasteiger partial charge in [0.25, 0.3) is 5.91 Å². The summed E-state index contributed by atoms with van der Waals surface area (Å²) < 4.78 is 41.2. The standard InChI is InChI=1S/C34H38F3N7O3/c1-20-17-21(2)29(42-33(46)40-24-13-15-25(16-14-24)47-34(35,36)37)27(18-20)31(45)38-19-22-9-11-23(12-10-22)39-32-41-28-8-6-5-7-26(28)30(43-32)44(3)4/h5-8,13-18,22-23H,9-12,19H2,1-4H3,(H,38,45)(H,39,41,43)(H2,40,42,46). The third-order valence-electron chi connectivity index (χ3n) is 8.05. The summed E-state index contributed by atoms with van der Waals surface area (Å²) in [6.45, 7) is 4.15. The van der Waals surface area contributed by atoms with Gasteiger partial charge in [0.05, 0.1) is 16.8 Å². The second-order valence-corrected chi connectivity index (χ2v) is 12.0. The number of halogens is 3. The molecule has 1 fully saturated rings. The molecular formula is C34H38F3N7O3. The van der Waals surface area contributed by atoms with E-state index in [9.17, 15) is 22.8 Å². The van der Waals surface area contributed by atoms with Crippen molar-refractivity contribution in [3.05, 3.63) is 77.4 Å². The number of aromatic nitrogens is 2. The fraction of sp³-hybridized carbons (Fsp3) is 0.353. The lowest BCUT2D eigenvalue weighted by atomic mass is 9.86. The van der Waals surface area contributed by atoms with Crippen LogP contribution in [0.25, 0.3) is 10.9 Å². The molecule has 0 radical (unpaired) electrons. The van der Waals surface area contributed by atoms with Gasteiger partial charge in [0.2, 0.25) is 5.95 Å². The fourth-order valence-corrected chi connectivity index (χ4v) is 5.82. The van der Waals surface area contributed by atoms with Crippen molar-refractivity contribution >= 4 is 46.0 Å². The minimum Gasteiger partial charge on any atom is -0.406 e. The Morgan fingerprint density at radius 1 is 0.936 bits per heavy atom. The zero-order chi connectivity index (χ0) is 33.7. The van der Waals surface area contributed by atoms with Crippen molar-refractivity contribution in [1.82, 2.24) is 15.3 Å². The van der Waals surface area contributed by atoms with Crippen LogP contribution in [0, 0.1) is 19.8 Å². The van der Waals surface area contributed by atoms with E-state index in [2.05, 4.69) is 26.0 Å². The number of benzene rings is 3. The normalized spacial score (nSPS) is 16.3. The molecule has 47 heavy (non-hydrogen) atoms. The average molecular weight is 650 g/mol. The van der Waals surface area contributed by atoms with Crippen LogP contribution in [0.4, 0.5) is 41.1 Å². The number of rotatable bonds is 9. The van der Waals surface area contributed by atoms with Gasteiger partial charge in [-0.2, -0.15) is 4.98 Å². The van der Waals surface area contributed by atoms with Gasteiger partial charge in [-0.15, -0.1) is 13.2 Å². The molecule has 3 amide bonds. The quantitative estimate of drug-likeness (QED) is 0.151. The van der Waals surface area contributed by atoms with Crippen molar-refractivity contribution in [1.29, 1.82) is 0 Å². The summed E-state index contributed by atoms with van der Waals surface area (Å²) in [4.78, 5) is 37.7. The number of para-hydroxylation sites is 1. The van der Waals surface area contributed by atoms with E-state index in [-0.39, 0.29) is 17.6 Å². The smallest absolute Gasteiger partial charge is 0.406 e. The molecule has 4 N–H and O–H groups in total. The van der Waals surface area contributed by atoms with E-state index in [1.165, 1.54) is 12.1 Å². The highest BCUT2D eigenvalue weighted by Crippen LogP contribution is 2.29. The summed E-state index contributed by atoms with van der Waals surface area (Å²) in [7, 11) is 3.93. The van der Waals surface area contributed by atoms with E-state index in [1.807, 2.05) is 56.3 Å². The maximum Gasteiger partial charge on any atom is 0.573 e. The van der Waals surface area contributed by atoms with E-state index < -0.39 is 18.1 Å². The Hall–Kier alpha value is -5.07. The zero-order valence-corrected chi connectivity index (χ0v) is 26.7. The molecule has 4 aromatic rings. The highest BCUT2D eigenvalue weighted by molar-refractivity contribution is 6.07. The largest absolute Gasteiger partial charge is 0.573 e. The Bertz CT molecular complexity index is 1740. The van der Waals surface area contributed by atoms with Crippen LogP contribution in [0.2, 0.25) is 0 Å². The first-order valence-electron chi connectivity index (χ1n) is 15.4. The van der Waals surface area contributed by atoms with Crippen molar-refractivity contribution in [2.45, 2.75) is 51.9 Å². The second kappa shape index (κ2) is 14.1. The van der Waals surface area contributed by atoms with Crippen molar-refractivity contribution in [2.24, 2.45) is 5.92 Å².